The van der Waals surface area contributed by atoms with Gasteiger partial charge in [-0.25, -0.2) is 10.8 Å². The minimum atomic E-state index is -0.444. The Bertz CT molecular complexity index is 673. The van der Waals surface area contributed by atoms with Crippen LogP contribution in [-0.4, -0.2) is 9.91 Å². The van der Waals surface area contributed by atoms with Crippen molar-refractivity contribution in [2.75, 3.05) is 5.43 Å². The topological polar surface area (TPSA) is 103 Å². The Hall–Kier alpha value is -2.67. The number of nitrogens with two attached hydrogens (primary N) is 1. The molecule has 0 fully saturated rings. The third kappa shape index (κ3) is 3.26. The largest absolute Gasteiger partial charge is 0.482 e. The summed E-state index contributed by atoms with van der Waals surface area (Å²) in [6.45, 7) is 3.72. The van der Waals surface area contributed by atoms with E-state index in [2.05, 4.69) is 10.4 Å². The van der Waals surface area contributed by atoms with Crippen LogP contribution < -0.4 is 16.0 Å². The molecule has 2 aromatic rings. The van der Waals surface area contributed by atoms with Gasteiger partial charge in [-0.2, -0.15) is 0 Å². The van der Waals surface area contributed by atoms with E-state index >= 15 is 0 Å². The molecule has 0 aliphatic carbocycles. The number of rotatable bonds is 5. The molecule has 0 amide bonds. The Morgan fingerprint density at radius 3 is 2.86 bits per heavy atom. The molecule has 1 heterocycles. The Balaban J connectivity index is 2.30. The number of benzene rings is 1. The molecule has 0 unspecified atom stereocenters. The summed E-state index contributed by atoms with van der Waals surface area (Å²) in [5.74, 6) is 6.11. The number of nitro groups is 1. The predicted molar refractivity (Wildman–Crippen MR) is 78.9 cm³/mol. The van der Waals surface area contributed by atoms with Crippen LogP contribution >= 0.6 is 0 Å². The first-order valence-electron chi connectivity index (χ1n) is 6.32. The minimum absolute atomic E-state index is 0.0429. The number of nitrogens with zero attached hydrogens (tertiary/aromatic N) is 2. The van der Waals surface area contributed by atoms with Gasteiger partial charge in [-0.3, -0.25) is 10.1 Å². The Morgan fingerprint density at radius 1 is 1.43 bits per heavy atom. The fourth-order valence-electron chi connectivity index (χ4n) is 2.09. The molecule has 0 radical (unpaired) electrons. The Labute approximate surface area is 121 Å². The van der Waals surface area contributed by atoms with Crippen molar-refractivity contribution in [3.8, 4) is 5.75 Å². The summed E-state index contributed by atoms with van der Waals surface area (Å²) in [5, 5.41) is 11.1. The summed E-state index contributed by atoms with van der Waals surface area (Å²) in [6.07, 6.45) is 1.60. The number of hydrogen-bond donors (Lipinski definition) is 2. The van der Waals surface area contributed by atoms with E-state index in [9.17, 15) is 10.1 Å². The van der Waals surface area contributed by atoms with Gasteiger partial charge in [-0.15, -0.1) is 0 Å². The maximum absolute atomic E-state index is 11.1. The van der Waals surface area contributed by atoms with Gasteiger partial charge in [0.15, 0.2) is 5.75 Å². The highest BCUT2D eigenvalue weighted by molar-refractivity contribution is 5.54. The molecule has 1 aromatic heterocycles. The average molecular weight is 288 g/mol. The molecule has 2 rings (SSSR count). The molecule has 0 saturated heterocycles. The van der Waals surface area contributed by atoms with Crippen molar-refractivity contribution in [2.45, 2.75) is 20.5 Å². The maximum atomic E-state index is 11.1. The van der Waals surface area contributed by atoms with E-state index < -0.39 is 4.92 Å². The van der Waals surface area contributed by atoms with E-state index in [0.29, 0.717) is 16.9 Å². The highest BCUT2D eigenvalue weighted by atomic mass is 16.6. The van der Waals surface area contributed by atoms with Gasteiger partial charge in [0.2, 0.25) is 0 Å². The highest BCUT2D eigenvalue weighted by Gasteiger charge is 2.19. The smallest absolute Gasteiger partial charge is 0.311 e. The summed E-state index contributed by atoms with van der Waals surface area (Å²) < 4.78 is 5.64. The molecule has 0 saturated carbocycles. The van der Waals surface area contributed by atoms with Crippen LogP contribution in [0.15, 0.2) is 30.5 Å². The maximum Gasteiger partial charge on any atom is 0.311 e. The lowest BCUT2D eigenvalue weighted by Crippen LogP contribution is -2.12. The molecule has 0 aliphatic heterocycles. The number of nitrogen functional groups attached to an aromatic ring is 1. The molecule has 1 aromatic carbocycles. The van der Waals surface area contributed by atoms with Gasteiger partial charge in [0.05, 0.1) is 4.92 Å². The first-order valence-corrected chi connectivity index (χ1v) is 6.32. The van der Waals surface area contributed by atoms with Crippen LogP contribution in [0.25, 0.3) is 0 Å². The number of nitrogens with one attached hydrogen (secondary N) is 1. The zero-order valence-corrected chi connectivity index (χ0v) is 11.8. The molecule has 3 N–H and O–H groups in total. The van der Waals surface area contributed by atoms with Crippen LogP contribution in [0.2, 0.25) is 0 Å². The van der Waals surface area contributed by atoms with E-state index in [0.717, 1.165) is 5.56 Å². The first-order chi connectivity index (χ1) is 10.0. The summed E-state index contributed by atoms with van der Waals surface area (Å²) >= 11 is 0. The fourth-order valence-corrected chi connectivity index (χ4v) is 2.09. The van der Waals surface area contributed by atoms with Gasteiger partial charge in [0, 0.05) is 17.8 Å². The van der Waals surface area contributed by atoms with Crippen molar-refractivity contribution in [2.24, 2.45) is 5.84 Å². The number of ether oxygens (including phenoxy) is 1. The standard InChI is InChI=1S/C14H16N4O3/c1-9-6-10(2)13(12(7-9)18(19)20)21-8-11-4-3-5-16-14(11)17-15/h3-7H,8,15H2,1-2H3,(H,16,17). The van der Waals surface area contributed by atoms with Crippen LogP contribution in [0.5, 0.6) is 5.75 Å². The fraction of sp³-hybridized carbons (Fsp3) is 0.214. The molecule has 7 nitrogen and oxygen atoms in total. The van der Waals surface area contributed by atoms with E-state index in [1.165, 1.54) is 6.07 Å². The van der Waals surface area contributed by atoms with E-state index in [1.807, 2.05) is 6.07 Å². The van der Waals surface area contributed by atoms with Crippen LogP contribution in [0.3, 0.4) is 0 Å². The summed E-state index contributed by atoms with van der Waals surface area (Å²) in [7, 11) is 0. The molecule has 21 heavy (non-hydrogen) atoms. The lowest BCUT2D eigenvalue weighted by molar-refractivity contribution is -0.386. The van der Waals surface area contributed by atoms with E-state index in [4.69, 9.17) is 10.6 Å². The Kier molecular flexibility index (Phi) is 4.34. The lowest BCUT2D eigenvalue weighted by atomic mass is 10.1. The van der Waals surface area contributed by atoms with Crippen molar-refractivity contribution in [1.29, 1.82) is 0 Å². The highest BCUT2D eigenvalue weighted by Crippen LogP contribution is 2.32. The number of pyridine rings is 1. The number of hydrogen-bond acceptors (Lipinski definition) is 6. The number of nitro benzene ring substituents is 1. The molecule has 0 atom stereocenters. The lowest BCUT2D eigenvalue weighted by Gasteiger charge is -2.12. The summed E-state index contributed by atoms with van der Waals surface area (Å²) in [5.41, 5.74) is 4.67. The van der Waals surface area contributed by atoms with E-state index in [1.54, 1.807) is 32.2 Å². The van der Waals surface area contributed by atoms with Crippen LogP contribution in [0.1, 0.15) is 16.7 Å². The zero-order valence-electron chi connectivity index (χ0n) is 11.8. The van der Waals surface area contributed by atoms with Crippen molar-refractivity contribution in [3.05, 3.63) is 57.3 Å². The molecule has 110 valence electrons. The Morgan fingerprint density at radius 2 is 2.19 bits per heavy atom. The monoisotopic (exact) mass is 288 g/mol. The second-order valence-electron chi connectivity index (χ2n) is 4.63. The van der Waals surface area contributed by atoms with Crippen LogP contribution in [-0.2, 0) is 6.61 Å². The number of aryl methyl sites for hydroxylation is 2. The normalized spacial score (nSPS) is 10.2. The van der Waals surface area contributed by atoms with Crippen molar-refractivity contribution in [1.82, 2.24) is 4.98 Å². The molecule has 0 aliphatic rings. The number of anilines is 1. The quantitative estimate of drug-likeness (QED) is 0.497. The van der Waals surface area contributed by atoms with Gasteiger partial charge in [0.1, 0.15) is 12.4 Å². The first kappa shape index (κ1) is 14.7. The van der Waals surface area contributed by atoms with Gasteiger partial charge in [0.25, 0.3) is 0 Å². The van der Waals surface area contributed by atoms with Gasteiger partial charge < -0.3 is 10.2 Å². The van der Waals surface area contributed by atoms with Gasteiger partial charge >= 0.3 is 5.69 Å². The third-order valence-corrected chi connectivity index (χ3v) is 3.00. The van der Waals surface area contributed by atoms with Crippen molar-refractivity contribution < 1.29 is 9.66 Å². The molecular weight excluding hydrogens is 272 g/mol. The van der Waals surface area contributed by atoms with Gasteiger partial charge in [-0.1, -0.05) is 12.1 Å². The van der Waals surface area contributed by atoms with Crippen LogP contribution in [0.4, 0.5) is 11.5 Å². The molecule has 7 heteroatoms. The second kappa shape index (κ2) is 6.19. The SMILES string of the molecule is Cc1cc(C)c(OCc2cccnc2NN)c([N+](=O)[O-])c1. The van der Waals surface area contributed by atoms with Gasteiger partial charge in [-0.05, 0) is 31.0 Å². The molecule has 0 spiro atoms. The average Bonchev–Trinajstić information content (AvgIpc) is 2.45. The minimum Gasteiger partial charge on any atom is -0.482 e. The molecular formula is C14H16N4O3. The zero-order chi connectivity index (χ0) is 15.4. The molecule has 0 bridgehead atoms. The van der Waals surface area contributed by atoms with Crippen LogP contribution in [0, 0.1) is 24.0 Å². The summed E-state index contributed by atoms with van der Waals surface area (Å²) in [6, 6.07) is 6.87. The predicted octanol–water partition coefficient (Wildman–Crippen LogP) is 2.47. The number of aromatic nitrogens is 1. The van der Waals surface area contributed by atoms with E-state index in [-0.39, 0.29) is 18.0 Å². The van der Waals surface area contributed by atoms with Crippen molar-refractivity contribution >= 4 is 11.5 Å². The summed E-state index contributed by atoms with van der Waals surface area (Å²) in [4.78, 5) is 14.8. The van der Waals surface area contributed by atoms with Crippen molar-refractivity contribution in [3.63, 3.8) is 0 Å². The number of hydrazine groups is 1. The third-order valence-electron chi connectivity index (χ3n) is 3.00. The second-order valence-corrected chi connectivity index (χ2v) is 4.63.